The highest BCUT2D eigenvalue weighted by molar-refractivity contribution is 7.99. The van der Waals surface area contributed by atoms with Crippen molar-refractivity contribution >= 4 is 29.3 Å². The average molecular weight is 490 g/mol. The van der Waals surface area contributed by atoms with E-state index < -0.39 is 16.9 Å². The summed E-state index contributed by atoms with van der Waals surface area (Å²) in [5.41, 5.74) is 0.0592. The lowest BCUT2D eigenvalue weighted by Crippen LogP contribution is -2.47. The first-order valence-electron chi connectivity index (χ1n) is 11.3. The minimum atomic E-state index is -0.530. The Hall–Kier alpha value is -2.99. The molecule has 0 bridgehead atoms. The van der Waals surface area contributed by atoms with Gasteiger partial charge in [-0.1, -0.05) is 31.7 Å². The molecule has 1 atom stereocenters. The minimum absolute atomic E-state index is 0.0121. The average Bonchev–Trinajstić information content (AvgIpc) is 3.23. The zero-order valence-corrected chi connectivity index (χ0v) is 20.7. The summed E-state index contributed by atoms with van der Waals surface area (Å²) in [6.07, 6.45) is 0. The van der Waals surface area contributed by atoms with Gasteiger partial charge in [-0.05, 0) is 26.0 Å². The second-order valence-electron chi connectivity index (χ2n) is 8.56. The molecule has 12 heteroatoms. The lowest BCUT2D eigenvalue weighted by atomic mass is 10.0. The van der Waals surface area contributed by atoms with Crippen LogP contribution in [0.15, 0.2) is 29.4 Å². The van der Waals surface area contributed by atoms with Crippen LogP contribution in [0.25, 0.3) is 0 Å². The molecule has 0 spiro atoms. The fraction of sp³-hybridized carbons (Fsp3) is 0.545. The van der Waals surface area contributed by atoms with Gasteiger partial charge < -0.3 is 19.7 Å². The van der Waals surface area contributed by atoms with Gasteiger partial charge in [-0.2, -0.15) is 0 Å². The van der Waals surface area contributed by atoms with E-state index >= 15 is 0 Å². The predicted molar refractivity (Wildman–Crippen MR) is 129 cm³/mol. The van der Waals surface area contributed by atoms with Crippen LogP contribution in [-0.2, 0) is 11.3 Å². The summed E-state index contributed by atoms with van der Waals surface area (Å²) in [5.74, 6) is 0.499. The molecular formula is C22H31N7O4S. The molecule has 2 amide bonds. The Morgan fingerprint density at radius 2 is 1.91 bits per heavy atom. The number of nitrogens with one attached hydrogen (secondary N) is 1. The highest BCUT2D eigenvalue weighted by atomic mass is 32.2. The van der Waals surface area contributed by atoms with Crippen LogP contribution < -0.4 is 5.32 Å². The smallest absolute Gasteiger partial charge is 0.270 e. The zero-order chi connectivity index (χ0) is 24.8. The highest BCUT2D eigenvalue weighted by Crippen LogP contribution is 2.26. The number of rotatable bonds is 9. The molecule has 0 radical (unpaired) electrons. The number of non-ortho nitro benzene ring substituents is 1. The molecule has 3 rings (SSSR count). The van der Waals surface area contributed by atoms with Crippen molar-refractivity contribution in [2.24, 2.45) is 5.92 Å². The fourth-order valence-corrected chi connectivity index (χ4v) is 4.63. The van der Waals surface area contributed by atoms with E-state index in [4.69, 9.17) is 0 Å². The summed E-state index contributed by atoms with van der Waals surface area (Å²) >= 11 is 1.34. The van der Waals surface area contributed by atoms with Gasteiger partial charge in [0.2, 0.25) is 5.91 Å². The Morgan fingerprint density at radius 1 is 1.21 bits per heavy atom. The molecule has 1 fully saturated rings. The van der Waals surface area contributed by atoms with Crippen molar-refractivity contribution in [1.82, 2.24) is 29.9 Å². The first-order chi connectivity index (χ1) is 16.2. The summed E-state index contributed by atoms with van der Waals surface area (Å²) < 4.78 is 1.90. The van der Waals surface area contributed by atoms with E-state index in [0.29, 0.717) is 17.5 Å². The fourth-order valence-electron chi connectivity index (χ4n) is 3.72. The van der Waals surface area contributed by atoms with Gasteiger partial charge in [0.15, 0.2) is 11.0 Å². The number of nitrogens with zero attached hydrogens (tertiary/aromatic N) is 6. The standard InChI is InChI=1S/C22H31N7O4S/c1-5-28-20(24-25-22(28)34-14-18(30)27-11-9-26(4)10-12-27)19(15(2)3)23-21(31)16-7-6-8-17(13-16)29(32)33/h6-8,13,15,19H,5,9-12,14H2,1-4H3,(H,23,31)/t19-/m1/s1. The van der Waals surface area contributed by atoms with Crippen molar-refractivity contribution in [2.75, 3.05) is 39.0 Å². The van der Waals surface area contributed by atoms with Gasteiger partial charge in [-0.3, -0.25) is 19.7 Å². The SMILES string of the molecule is CCn1c(SCC(=O)N2CCN(C)CC2)nnc1[C@H](NC(=O)c1cccc([N+](=O)[O-])c1)C(C)C. The topological polar surface area (TPSA) is 127 Å². The first-order valence-corrected chi connectivity index (χ1v) is 12.3. The van der Waals surface area contributed by atoms with Crippen molar-refractivity contribution < 1.29 is 14.5 Å². The van der Waals surface area contributed by atoms with Crippen LogP contribution in [0.3, 0.4) is 0 Å². The van der Waals surface area contributed by atoms with Crippen molar-refractivity contribution in [3.63, 3.8) is 0 Å². The number of thioether (sulfide) groups is 1. The number of carbonyl (C=O) groups is 2. The summed E-state index contributed by atoms with van der Waals surface area (Å²) in [7, 11) is 2.05. The number of piperazine rings is 1. The number of benzene rings is 1. The molecule has 34 heavy (non-hydrogen) atoms. The van der Waals surface area contributed by atoms with E-state index in [1.54, 1.807) is 0 Å². The molecule has 1 N–H and O–H groups in total. The zero-order valence-electron chi connectivity index (χ0n) is 19.9. The number of nitro groups is 1. The Balaban J connectivity index is 1.72. The number of hydrogen-bond acceptors (Lipinski definition) is 8. The summed E-state index contributed by atoms with van der Waals surface area (Å²) in [6, 6.07) is 5.16. The normalized spacial score (nSPS) is 15.4. The van der Waals surface area contributed by atoms with Gasteiger partial charge in [-0.15, -0.1) is 10.2 Å². The van der Waals surface area contributed by atoms with Gasteiger partial charge in [0.25, 0.3) is 11.6 Å². The molecule has 1 aliphatic heterocycles. The molecule has 0 aliphatic carbocycles. The maximum atomic E-state index is 12.9. The molecule has 184 valence electrons. The third-order valence-electron chi connectivity index (χ3n) is 5.79. The Labute approximate surface area is 203 Å². The van der Waals surface area contributed by atoms with E-state index in [-0.39, 0.29) is 28.8 Å². The molecule has 2 aromatic rings. The van der Waals surface area contributed by atoms with Crippen LogP contribution in [0.2, 0.25) is 0 Å². The summed E-state index contributed by atoms with van der Waals surface area (Å²) in [5, 5.41) is 23.3. The molecule has 1 aliphatic rings. The highest BCUT2D eigenvalue weighted by Gasteiger charge is 2.27. The largest absolute Gasteiger partial charge is 0.342 e. The second kappa shape index (κ2) is 11.4. The minimum Gasteiger partial charge on any atom is -0.342 e. The van der Waals surface area contributed by atoms with Gasteiger partial charge in [0.1, 0.15) is 0 Å². The maximum absolute atomic E-state index is 12.9. The molecule has 1 aromatic heterocycles. The summed E-state index contributed by atoms with van der Waals surface area (Å²) in [6.45, 7) is 9.62. The van der Waals surface area contributed by atoms with Crippen LogP contribution in [0.1, 0.15) is 43.0 Å². The van der Waals surface area contributed by atoms with Crippen LogP contribution in [0, 0.1) is 16.0 Å². The van der Waals surface area contributed by atoms with E-state index in [9.17, 15) is 19.7 Å². The summed E-state index contributed by atoms with van der Waals surface area (Å²) in [4.78, 5) is 40.1. The van der Waals surface area contributed by atoms with Crippen molar-refractivity contribution in [3.05, 3.63) is 45.8 Å². The second-order valence-corrected chi connectivity index (χ2v) is 9.50. The molecule has 1 aromatic carbocycles. The van der Waals surface area contributed by atoms with E-state index in [1.807, 2.05) is 37.3 Å². The van der Waals surface area contributed by atoms with Crippen LogP contribution in [-0.4, -0.2) is 80.3 Å². The third kappa shape index (κ3) is 6.11. The molecule has 2 heterocycles. The number of nitro benzene ring substituents is 1. The number of amides is 2. The monoisotopic (exact) mass is 489 g/mol. The third-order valence-corrected chi connectivity index (χ3v) is 6.74. The number of aromatic nitrogens is 3. The Bertz CT molecular complexity index is 1030. The first kappa shape index (κ1) is 25.6. The number of likely N-dealkylation sites (N-methyl/N-ethyl adjacent to an activating group) is 1. The number of hydrogen-bond donors (Lipinski definition) is 1. The van der Waals surface area contributed by atoms with E-state index in [2.05, 4.69) is 20.4 Å². The van der Waals surface area contributed by atoms with E-state index in [1.165, 1.54) is 36.0 Å². The number of carbonyl (C=O) groups excluding carboxylic acids is 2. The van der Waals surface area contributed by atoms with Crippen LogP contribution in [0.5, 0.6) is 0 Å². The Morgan fingerprint density at radius 3 is 2.53 bits per heavy atom. The van der Waals surface area contributed by atoms with Gasteiger partial charge in [0.05, 0.1) is 16.7 Å². The Kier molecular flexibility index (Phi) is 8.61. The lowest BCUT2D eigenvalue weighted by Gasteiger charge is -2.32. The quantitative estimate of drug-likeness (QED) is 0.323. The van der Waals surface area contributed by atoms with Crippen molar-refractivity contribution in [2.45, 2.75) is 38.5 Å². The van der Waals surface area contributed by atoms with Gasteiger partial charge in [0, 0.05) is 50.4 Å². The molecular weight excluding hydrogens is 458 g/mol. The van der Waals surface area contributed by atoms with Crippen LogP contribution in [0.4, 0.5) is 5.69 Å². The van der Waals surface area contributed by atoms with Gasteiger partial charge >= 0.3 is 0 Å². The van der Waals surface area contributed by atoms with Gasteiger partial charge in [-0.25, -0.2) is 0 Å². The lowest BCUT2D eigenvalue weighted by molar-refractivity contribution is -0.384. The van der Waals surface area contributed by atoms with Crippen molar-refractivity contribution in [1.29, 1.82) is 0 Å². The maximum Gasteiger partial charge on any atom is 0.270 e. The molecule has 0 saturated carbocycles. The molecule has 0 unspecified atom stereocenters. The molecule has 11 nitrogen and oxygen atoms in total. The van der Waals surface area contributed by atoms with E-state index in [0.717, 1.165) is 26.2 Å². The van der Waals surface area contributed by atoms with Crippen LogP contribution >= 0.6 is 11.8 Å². The molecule has 1 saturated heterocycles. The predicted octanol–water partition coefficient (Wildman–Crippen LogP) is 2.20. The van der Waals surface area contributed by atoms with Crippen molar-refractivity contribution in [3.8, 4) is 0 Å².